The minimum Gasteiger partial charge on any atom is -0.385 e. The number of ether oxygens (including phenoxy) is 1. The van der Waals surface area contributed by atoms with Crippen molar-refractivity contribution in [3.63, 3.8) is 0 Å². The molecule has 6 heteroatoms. The van der Waals surface area contributed by atoms with Gasteiger partial charge in [-0.25, -0.2) is 0 Å². The number of hydrogen-bond donors (Lipinski definition) is 2. The molecule has 2 unspecified atom stereocenters. The van der Waals surface area contributed by atoms with E-state index in [1.807, 2.05) is 19.1 Å². The minimum atomic E-state index is -0.944. The van der Waals surface area contributed by atoms with E-state index in [0.717, 1.165) is 4.90 Å². The summed E-state index contributed by atoms with van der Waals surface area (Å²) in [6.07, 6.45) is 0.311. The lowest BCUT2D eigenvalue weighted by Crippen LogP contribution is -2.47. The lowest BCUT2D eigenvalue weighted by Gasteiger charge is -2.26. The summed E-state index contributed by atoms with van der Waals surface area (Å²) in [5.41, 5.74) is -0.944. The Morgan fingerprint density at radius 2 is 2.25 bits per heavy atom. The molecule has 1 aliphatic rings. The fourth-order valence-corrected chi connectivity index (χ4v) is 2.84. The van der Waals surface area contributed by atoms with Crippen molar-refractivity contribution in [2.75, 3.05) is 18.9 Å². The van der Waals surface area contributed by atoms with Crippen LogP contribution in [0.5, 0.6) is 0 Å². The topological polar surface area (TPSA) is 58.6 Å². The Bertz CT molecular complexity index is 468. The lowest BCUT2D eigenvalue weighted by atomic mass is 9.97. The monoisotopic (exact) mass is 315 g/mol. The lowest BCUT2D eigenvalue weighted by molar-refractivity contribution is -0.120. The van der Waals surface area contributed by atoms with E-state index in [-0.39, 0.29) is 18.6 Å². The molecule has 0 saturated carbocycles. The maximum Gasteiger partial charge on any atom is 0.230 e. The predicted molar refractivity (Wildman–Crippen MR) is 80.2 cm³/mol. The second kappa shape index (κ2) is 6.80. The Balaban J connectivity index is 1.74. The molecule has 0 spiro atoms. The van der Waals surface area contributed by atoms with Crippen molar-refractivity contribution in [2.45, 2.75) is 29.9 Å². The maximum absolute atomic E-state index is 11.8. The molecule has 0 aromatic heterocycles. The van der Waals surface area contributed by atoms with E-state index in [4.69, 9.17) is 16.3 Å². The SMILES string of the molecule is CC1OCCC1(O)CNC(=O)CSc1ccc(Cl)cc1. The molecule has 1 aromatic carbocycles. The zero-order valence-electron chi connectivity index (χ0n) is 11.3. The molecule has 0 bridgehead atoms. The van der Waals surface area contributed by atoms with E-state index < -0.39 is 5.60 Å². The molecule has 20 heavy (non-hydrogen) atoms. The number of thioether (sulfide) groups is 1. The van der Waals surface area contributed by atoms with Crippen LogP contribution in [0.1, 0.15) is 13.3 Å². The molecule has 1 aromatic rings. The van der Waals surface area contributed by atoms with Crippen LogP contribution < -0.4 is 5.32 Å². The third-order valence-electron chi connectivity index (χ3n) is 3.43. The predicted octanol–water partition coefficient (Wildman–Crippen LogP) is 2.09. The Labute approximate surface area is 127 Å². The molecule has 1 aliphatic heterocycles. The van der Waals surface area contributed by atoms with Gasteiger partial charge in [-0.3, -0.25) is 4.79 Å². The zero-order valence-corrected chi connectivity index (χ0v) is 12.8. The highest BCUT2D eigenvalue weighted by Crippen LogP contribution is 2.25. The van der Waals surface area contributed by atoms with Gasteiger partial charge in [0.25, 0.3) is 0 Å². The van der Waals surface area contributed by atoms with Crippen LogP contribution in [0.15, 0.2) is 29.2 Å². The van der Waals surface area contributed by atoms with Gasteiger partial charge in [0.1, 0.15) is 5.60 Å². The fourth-order valence-electron chi connectivity index (χ4n) is 1.99. The van der Waals surface area contributed by atoms with Crippen molar-refractivity contribution in [2.24, 2.45) is 0 Å². The van der Waals surface area contributed by atoms with E-state index in [1.54, 1.807) is 12.1 Å². The van der Waals surface area contributed by atoms with Gasteiger partial charge in [-0.2, -0.15) is 0 Å². The molecule has 1 saturated heterocycles. The Kier molecular flexibility index (Phi) is 5.32. The molecule has 1 fully saturated rings. The van der Waals surface area contributed by atoms with Crippen molar-refractivity contribution in [1.82, 2.24) is 5.32 Å². The summed E-state index contributed by atoms with van der Waals surface area (Å²) in [7, 11) is 0. The van der Waals surface area contributed by atoms with Crippen molar-refractivity contribution in [1.29, 1.82) is 0 Å². The highest BCUT2D eigenvalue weighted by Gasteiger charge is 2.39. The highest BCUT2D eigenvalue weighted by atomic mass is 35.5. The van der Waals surface area contributed by atoms with E-state index >= 15 is 0 Å². The second-order valence-electron chi connectivity index (χ2n) is 4.89. The first-order valence-corrected chi connectivity index (χ1v) is 7.85. The molecule has 0 aliphatic carbocycles. The van der Waals surface area contributed by atoms with Crippen molar-refractivity contribution in [3.05, 3.63) is 29.3 Å². The molecular weight excluding hydrogens is 298 g/mol. The van der Waals surface area contributed by atoms with Crippen molar-refractivity contribution >= 4 is 29.3 Å². The van der Waals surface area contributed by atoms with Gasteiger partial charge in [-0.05, 0) is 31.2 Å². The number of aliphatic hydroxyl groups is 1. The van der Waals surface area contributed by atoms with Crippen LogP contribution in [-0.2, 0) is 9.53 Å². The van der Waals surface area contributed by atoms with Gasteiger partial charge < -0.3 is 15.2 Å². The third kappa shape index (κ3) is 4.12. The normalized spacial score (nSPS) is 25.6. The molecular formula is C14H18ClNO3S. The van der Waals surface area contributed by atoms with Gasteiger partial charge in [0.2, 0.25) is 5.91 Å². The van der Waals surface area contributed by atoms with Crippen LogP contribution in [0.25, 0.3) is 0 Å². The highest BCUT2D eigenvalue weighted by molar-refractivity contribution is 8.00. The van der Waals surface area contributed by atoms with Crippen LogP contribution in [0.4, 0.5) is 0 Å². The number of rotatable bonds is 5. The molecule has 110 valence electrons. The Morgan fingerprint density at radius 1 is 1.55 bits per heavy atom. The zero-order chi connectivity index (χ0) is 14.6. The van der Waals surface area contributed by atoms with E-state index in [2.05, 4.69) is 5.32 Å². The van der Waals surface area contributed by atoms with Gasteiger partial charge in [-0.15, -0.1) is 11.8 Å². The van der Waals surface area contributed by atoms with Crippen molar-refractivity contribution in [3.8, 4) is 0 Å². The van der Waals surface area contributed by atoms with E-state index in [0.29, 0.717) is 23.8 Å². The van der Waals surface area contributed by atoms with E-state index in [9.17, 15) is 9.90 Å². The summed E-state index contributed by atoms with van der Waals surface area (Å²) < 4.78 is 5.32. The van der Waals surface area contributed by atoms with Gasteiger partial charge in [0.05, 0.1) is 11.9 Å². The first-order valence-electron chi connectivity index (χ1n) is 6.49. The minimum absolute atomic E-state index is 0.0996. The smallest absolute Gasteiger partial charge is 0.230 e. The summed E-state index contributed by atoms with van der Waals surface area (Å²) in [5, 5.41) is 13.7. The van der Waals surface area contributed by atoms with Crippen LogP contribution in [0.2, 0.25) is 5.02 Å². The summed E-state index contributed by atoms with van der Waals surface area (Å²) in [4.78, 5) is 12.8. The van der Waals surface area contributed by atoms with Gasteiger partial charge in [0, 0.05) is 29.5 Å². The first kappa shape index (κ1) is 15.6. The average molecular weight is 316 g/mol. The quantitative estimate of drug-likeness (QED) is 0.817. The van der Waals surface area contributed by atoms with Gasteiger partial charge in [-0.1, -0.05) is 11.6 Å². The number of amides is 1. The van der Waals surface area contributed by atoms with Crippen LogP contribution in [0.3, 0.4) is 0 Å². The molecule has 1 amide bonds. The van der Waals surface area contributed by atoms with Crippen LogP contribution >= 0.6 is 23.4 Å². The molecule has 2 atom stereocenters. The number of nitrogens with one attached hydrogen (secondary N) is 1. The van der Waals surface area contributed by atoms with E-state index in [1.165, 1.54) is 11.8 Å². The number of hydrogen-bond acceptors (Lipinski definition) is 4. The largest absolute Gasteiger partial charge is 0.385 e. The molecule has 2 rings (SSSR count). The number of halogens is 1. The number of carbonyl (C=O) groups excluding carboxylic acids is 1. The first-order chi connectivity index (χ1) is 9.49. The summed E-state index contributed by atoms with van der Waals surface area (Å²) in [6, 6.07) is 7.34. The number of benzene rings is 1. The number of carbonyl (C=O) groups is 1. The van der Waals surface area contributed by atoms with Crippen molar-refractivity contribution < 1.29 is 14.6 Å². The molecule has 2 N–H and O–H groups in total. The summed E-state index contributed by atoms with van der Waals surface area (Å²) in [6.45, 7) is 2.59. The third-order valence-corrected chi connectivity index (χ3v) is 4.70. The van der Waals surface area contributed by atoms with Crippen LogP contribution in [0, 0.1) is 0 Å². The molecule has 0 radical (unpaired) electrons. The fraction of sp³-hybridized carbons (Fsp3) is 0.500. The molecule has 4 nitrogen and oxygen atoms in total. The Morgan fingerprint density at radius 3 is 2.85 bits per heavy atom. The summed E-state index contributed by atoms with van der Waals surface area (Å²) >= 11 is 7.23. The maximum atomic E-state index is 11.8. The average Bonchev–Trinajstić information content (AvgIpc) is 2.76. The standard InChI is InChI=1S/C14H18ClNO3S/c1-10-14(18,6-7-19-10)9-16-13(17)8-20-12-4-2-11(15)3-5-12/h2-5,10,18H,6-9H2,1H3,(H,16,17). The van der Waals surface area contributed by atoms with Gasteiger partial charge >= 0.3 is 0 Å². The second-order valence-corrected chi connectivity index (χ2v) is 6.37. The summed E-state index contributed by atoms with van der Waals surface area (Å²) in [5.74, 6) is 0.213. The van der Waals surface area contributed by atoms with Crippen LogP contribution in [-0.4, -0.2) is 41.6 Å². The molecule has 1 heterocycles. The van der Waals surface area contributed by atoms with Gasteiger partial charge in [0.15, 0.2) is 0 Å². The Hall–Kier alpha value is -0.750.